The van der Waals surface area contributed by atoms with E-state index < -0.39 is 0 Å². The summed E-state index contributed by atoms with van der Waals surface area (Å²) in [6, 6.07) is 9.87. The van der Waals surface area contributed by atoms with Gasteiger partial charge in [0.25, 0.3) is 0 Å². The van der Waals surface area contributed by atoms with E-state index in [0.717, 1.165) is 23.3 Å². The molecule has 4 bridgehead atoms. The van der Waals surface area contributed by atoms with E-state index >= 15 is 0 Å². The Bertz CT molecular complexity index is 422. The molecule has 4 aliphatic rings. The lowest BCUT2D eigenvalue weighted by Crippen LogP contribution is -2.15. The second-order valence-electron chi connectivity index (χ2n) is 5.49. The van der Waals surface area contributed by atoms with Crippen molar-refractivity contribution in [3.8, 4) is 0 Å². The van der Waals surface area contributed by atoms with Crippen LogP contribution in [-0.2, 0) is 0 Å². The molecule has 0 aliphatic heterocycles. The summed E-state index contributed by atoms with van der Waals surface area (Å²) in [6.07, 6.45) is 3.86. The maximum Gasteiger partial charge on any atom is 0.169 e. The number of ketones is 1. The van der Waals surface area contributed by atoms with E-state index in [0.29, 0.717) is 5.78 Å². The van der Waals surface area contributed by atoms with Gasteiger partial charge in [-0.1, -0.05) is 30.3 Å². The first-order valence-corrected chi connectivity index (χ1v) is 5.92. The summed E-state index contributed by atoms with van der Waals surface area (Å²) >= 11 is 0. The molecule has 4 saturated carbocycles. The molecule has 1 aromatic rings. The Hall–Kier alpha value is -1.11. The van der Waals surface area contributed by atoms with Gasteiger partial charge in [0.1, 0.15) is 0 Å². The summed E-state index contributed by atoms with van der Waals surface area (Å²) in [4.78, 5) is 12.4. The predicted octanol–water partition coefficient (Wildman–Crippen LogP) is 2.92. The van der Waals surface area contributed by atoms with Crippen LogP contribution in [0.25, 0.3) is 0 Å². The number of carbonyl (C=O) groups is 1. The fraction of sp³-hybridized carbons (Fsp3) is 0.500. The van der Waals surface area contributed by atoms with Crippen molar-refractivity contribution < 1.29 is 4.79 Å². The average molecular weight is 198 g/mol. The summed E-state index contributed by atoms with van der Waals surface area (Å²) in [7, 11) is 0. The minimum atomic E-state index is 0.117. The average Bonchev–Trinajstić information content (AvgIpc) is 2.78. The van der Waals surface area contributed by atoms with Gasteiger partial charge in [0, 0.05) is 11.0 Å². The molecule has 1 heteroatoms. The van der Waals surface area contributed by atoms with E-state index in [-0.39, 0.29) is 5.41 Å². The molecule has 1 aromatic carbocycles. The number of hydrogen-bond donors (Lipinski definition) is 0. The van der Waals surface area contributed by atoms with E-state index in [1.54, 1.807) is 0 Å². The molecule has 0 heterocycles. The highest BCUT2D eigenvalue weighted by Crippen LogP contribution is 2.79. The highest BCUT2D eigenvalue weighted by molar-refractivity contribution is 6.03. The topological polar surface area (TPSA) is 17.1 Å². The van der Waals surface area contributed by atoms with E-state index in [1.165, 1.54) is 19.3 Å². The maximum atomic E-state index is 12.4. The lowest BCUT2D eigenvalue weighted by atomic mass is 9.92. The maximum absolute atomic E-state index is 12.4. The first kappa shape index (κ1) is 8.09. The number of hydrogen-bond acceptors (Lipinski definition) is 1. The lowest BCUT2D eigenvalue weighted by molar-refractivity contribution is 0.0890. The molecule has 2 unspecified atom stereocenters. The highest BCUT2D eigenvalue weighted by Gasteiger charge is 2.77. The van der Waals surface area contributed by atoms with Crippen LogP contribution in [0.4, 0.5) is 0 Å². The van der Waals surface area contributed by atoms with Gasteiger partial charge in [-0.2, -0.15) is 0 Å². The number of rotatable bonds is 2. The molecule has 1 nitrogen and oxygen atoms in total. The Morgan fingerprint density at radius 1 is 1.13 bits per heavy atom. The van der Waals surface area contributed by atoms with Gasteiger partial charge in [-0.15, -0.1) is 0 Å². The standard InChI is InChI=1S/C14H14O/c15-13(10-4-2-1-3-5-10)14-8-9-6-11(14)12(14)7-9/h1-5,9,11-12H,6-8H2. The third-order valence-electron chi connectivity index (χ3n) is 4.96. The fourth-order valence-electron chi connectivity index (χ4n) is 4.40. The number of Topliss-reactive ketones (excluding diaryl/α,β-unsaturated/α-hetero) is 1. The summed E-state index contributed by atoms with van der Waals surface area (Å²) in [5.74, 6) is 2.84. The molecule has 5 rings (SSSR count). The normalized spacial score (nSPS) is 44.4. The van der Waals surface area contributed by atoms with Crippen molar-refractivity contribution in [3.63, 3.8) is 0 Å². The molecular weight excluding hydrogens is 184 g/mol. The minimum absolute atomic E-state index is 0.117. The van der Waals surface area contributed by atoms with Gasteiger partial charge in [0.05, 0.1) is 0 Å². The molecular formula is C14H14O. The molecule has 0 amide bonds. The second-order valence-corrected chi connectivity index (χ2v) is 5.49. The van der Waals surface area contributed by atoms with Crippen LogP contribution in [-0.4, -0.2) is 5.78 Å². The summed E-state index contributed by atoms with van der Waals surface area (Å²) in [5, 5.41) is 0. The van der Waals surface area contributed by atoms with Crippen LogP contribution in [0, 0.1) is 23.2 Å². The highest BCUT2D eigenvalue weighted by atomic mass is 16.1. The summed E-state index contributed by atoms with van der Waals surface area (Å²) in [5.41, 5.74) is 1.05. The molecule has 4 fully saturated rings. The smallest absolute Gasteiger partial charge is 0.169 e. The lowest BCUT2D eigenvalue weighted by Gasteiger charge is -2.09. The third-order valence-corrected chi connectivity index (χ3v) is 4.96. The zero-order valence-corrected chi connectivity index (χ0v) is 8.65. The van der Waals surface area contributed by atoms with Crippen LogP contribution < -0.4 is 0 Å². The van der Waals surface area contributed by atoms with Gasteiger partial charge in [0.15, 0.2) is 5.78 Å². The zero-order chi connectivity index (χ0) is 10.0. The molecule has 2 atom stereocenters. The zero-order valence-electron chi connectivity index (χ0n) is 8.65. The first-order valence-electron chi connectivity index (χ1n) is 5.92. The van der Waals surface area contributed by atoms with Gasteiger partial charge >= 0.3 is 0 Å². The Kier molecular flexibility index (Phi) is 1.26. The van der Waals surface area contributed by atoms with E-state index in [9.17, 15) is 4.79 Å². The van der Waals surface area contributed by atoms with E-state index in [4.69, 9.17) is 0 Å². The van der Waals surface area contributed by atoms with Gasteiger partial charge in [-0.25, -0.2) is 0 Å². The van der Waals surface area contributed by atoms with Crippen LogP contribution in [0.2, 0.25) is 0 Å². The summed E-state index contributed by atoms with van der Waals surface area (Å²) in [6.45, 7) is 0. The largest absolute Gasteiger partial charge is 0.294 e. The van der Waals surface area contributed by atoms with Crippen LogP contribution in [0.5, 0.6) is 0 Å². The van der Waals surface area contributed by atoms with Crippen LogP contribution in [0.3, 0.4) is 0 Å². The molecule has 0 radical (unpaired) electrons. The van der Waals surface area contributed by atoms with Gasteiger partial charge in [0.2, 0.25) is 0 Å². The van der Waals surface area contributed by atoms with Crippen molar-refractivity contribution in [1.82, 2.24) is 0 Å². The monoisotopic (exact) mass is 198 g/mol. The summed E-state index contributed by atoms with van der Waals surface area (Å²) < 4.78 is 0. The molecule has 76 valence electrons. The van der Waals surface area contributed by atoms with Crippen molar-refractivity contribution in [2.45, 2.75) is 19.3 Å². The second kappa shape index (κ2) is 2.34. The third kappa shape index (κ3) is 0.794. The SMILES string of the molecule is O=C(c1ccccc1)C12CC3CC1C2C3. The number of carbonyl (C=O) groups excluding carboxylic acids is 1. The van der Waals surface area contributed by atoms with Crippen LogP contribution in [0.1, 0.15) is 29.6 Å². The molecule has 0 aromatic heterocycles. The van der Waals surface area contributed by atoms with Crippen molar-refractivity contribution >= 4 is 5.78 Å². The van der Waals surface area contributed by atoms with Crippen molar-refractivity contribution in [1.29, 1.82) is 0 Å². The Balaban J connectivity index is 1.74. The minimum Gasteiger partial charge on any atom is -0.294 e. The van der Waals surface area contributed by atoms with Crippen LogP contribution in [0.15, 0.2) is 30.3 Å². The quantitative estimate of drug-likeness (QED) is 0.668. The molecule has 4 aliphatic carbocycles. The van der Waals surface area contributed by atoms with Crippen molar-refractivity contribution in [3.05, 3.63) is 35.9 Å². The van der Waals surface area contributed by atoms with Crippen molar-refractivity contribution in [2.75, 3.05) is 0 Å². The van der Waals surface area contributed by atoms with Gasteiger partial charge in [-0.3, -0.25) is 4.79 Å². The predicted molar refractivity (Wildman–Crippen MR) is 57.5 cm³/mol. The Labute approximate surface area is 89.5 Å². The number of benzene rings is 1. The first-order chi connectivity index (χ1) is 7.32. The molecule has 0 N–H and O–H groups in total. The van der Waals surface area contributed by atoms with Crippen LogP contribution >= 0.6 is 0 Å². The Morgan fingerprint density at radius 2 is 1.80 bits per heavy atom. The van der Waals surface area contributed by atoms with Gasteiger partial charge in [-0.05, 0) is 37.0 Å². The van der Waals surface area contributed by atoms with Gasteiger partial charge < -0.3 is 0 Å². The van der Waals surface area contributed by atoms with Crippen molar-refractivity contribution in [2.24, 2.45) is 23.2 Å². The molecule has 15 heavy (non-hydrogen) atoms. The molecule has 0 spiro atoms. The fourth-order valence-corrected chi connectivity index (χ4v) is 4.40. The van der Waals surface area contributed by atoms with E-state index in [1.807, 2.05) is 30.3 Å². The Morgan fingerprint density at radius 3 is 2.33 bits per heavy atom. The van der Waals surface area contributed by atoms with E-state index in [2.05, 4.69) is 0 Å². The molecule has 0 saturated heterocycles.